The Bertz CT molecular complexity index is 1690. The lowest BCUT2D eigenvalue weighted by molar-refractivity contribution is -0.121. The molecule has 2 saturated heterocycles. The third-order valence-electron chi connectivity index (χ3n) is 8.10. The molecule has 4 N–H and O–H groups in total. The number of ether oxygens (including phenoxy) is 1. The van der Waals surface area contributed by atoms with Gasteiger partial charge in [0.05, 0.1) is 28.8 Å². The molecule has 10 heteroatoms. The number of carbonyl (C=O) groups is 2. The van der Waals surface area contributed by atoms with E-state index < -0.39 is 0 Å². The van der Waals surface area contributed by atoms with Crippen molar-refractivity contribution >= 4 is 40.7 Å². The third kappa shape index (κ3) is 6.44. The van der Waals surface area contributed by atoms with Gasteiger partial charge in [-0.1, -0.05) is 77.8 Å². The molecule has 2 aliphatic rings. The molecule has 6 rings (SSSR count). The second kappa shape index (κ2) is 13.4. The van der Waals surface area contributed by atoms with Gasteiger partial charge in [-0.05, 0) is 30.2 Å². The molecule has 4 aromatic rings. The molecule has 2 amide bonds. The quantitative estimate of drug-likeness (QED) is 0.173. The van der Waals surface area contributed by atoms with Crippen LogP contribution >= 0.6 is 23.2 Å². The Balaban J connectivity index is 1.21. The fraction of sp³-hybridized carbons (Fsp3) is 0.265. The summed E-state index contributed by atoms with van der Waals surface area (Å²) in [7, 11) is 1.60. The lowest BCUT2D eigenvalue weighted by atomic mass is 9.96. The SMILES string of the molecule is COc1nc(-c2cccc(-c3cccc(-c4ccc(NC(=O)C5CNC5)cc4)c3Cl)c2Cl)ccc1CNCC1CCC(=O)N1. The van der Waals surface area contributed by atoms with Crippen LogP contribution in [0.1, 0.15) is 18.4 Å². The molecule has 44 heavy (non-hydrogen) atoms. The molecule has 226 valence electrons. The normalized spacial score (nSPS) is 16.3. The molecule has 0 radical (unpaired) electrons. The first-order chi connectivity index (χ1) is 21.4. The molecule has 1 aromatic heterocycles. The maximum atomic E-state index is 12.3. The molecule has 1 unspecified atom stereocenters. The highest BCUT2D eigenvalue weighted by molar-refractivity contribution is 6.39. The van der Waals surface area contributed by atoms with Gasteiger partial charge in [0.15, 0.2) is 0 Å². The minimum absolute atomic E-state index is 0.0191. The first kappa shape index (κ1) is 30.1. The Morgan fingerprint density at radius 2 is 1.61 bits per heavy atom. The number of benzene rings is 3. The highest BCUT2D eigenvalue weighted by atomic mass is 35.5. The molecule has 0 bridgehead atoms. The van der Waals surface area contributed by atoms with Gasteiger partial charge in [-0.2, -0.15) is 0 Å². The van der Waals surface area contributed by atoms with Gasteiger partial charge in [0.1, 0.15) is 0 Å². The summed E-state index contributed by atoms with van der Waals surface area (Å²) in [5.74, 6) is 0.659. The van der Waals surface area contributed by atoms with Gasteiger partial charge in [-0.25, -0.2) is 4.98 Å². The van der Waals surface area contributed by atoms with Gasteiger partial charge in [-0.3, -0.25) is 9.59 Å². The Labute approximate surface area is 266 Å². The van der Waals surface area contributed by atoms with E-state index in [0.29, 0.717) is 54.2 Å². The Hall–Kier alpha value is -3.95. The van der Waals surface area contributed by atoms with E-state index in [1.54, 1.807) is 7.11 Å². The number of carbonyl (C=O) groups excluding carboxylic acids is 2. The molecule has 3 heterocycles. The van der Waals surface area contributed by atoms with Crippen molar-refractivity contribution in [2.24, 2.45) is 5.92 Å². The topological polar surface area (TPSA) is 104 Å². The van der Waals surface area contributed by atoms with E-state index in [4.69, 9.17) is 32.9 Å². The average Bonchev–Trinajstić information content (AvgIpc) is 3.42. The largest absolute Gasteiger partial charge is 0.481 e. The summed E-state index contributed by atoms with van der Waals surface area (Å²) in [6.07, 6.45) is 1.42. The van der Waals surface area contributed by atoms with E-state index in [-0.39, 0.29) is 23.8 Å². The van der Waals surface area contributed by atoms with E-state index in [2.05, 4.69) is 21.3 Å². The first-order valence-corrected chi connectivity index (χ1v) is 15.4. The van der Waals surface area contributed by atoms with Crippen LogP contribution < -0.4 is 26.0 Å². The summed E-state index contributed by atoms with van der Waals surface area (Å²) in [5.41, 5.74) is 6.49. The predicted molar refractivity (Wildman–Crippen MR) is 175 cm³/mol. The van der Waals surface area contributed by atoms with Gasteiger partial charge in [0, 0.05) is 72.1 Å². The number of amides is 2. The van der Waals surface area contributed by atoms with Crippen molar-refractivity contribution in [1.82, 2.24) is 20.9 Å². The second-order valence-electron chi connectivity index (χ2n) is 11.1. The van der Waals surface area contributed by atoms with E-state index >= 15 is 0 Å². The number of anilines is 1. The highest BCUT2D eigenvalue weighted by Crippen LogP contribution is 2.42. The van der Waals surface area contributed by atoms with Crippen molar-refractivity contribution in [3.05, 3.63) is 88.4 Å². The van der Waals surface area contributed by atoms with Crippen molar-refractivity contribution in [1.29, 1.82) is 0 Å². The first-order valence-electron chi connectivity index (χ1n) is 14.6. The van der Waals surface area contributed by atoms with Crippen LogP contribution in [-0.2, 0) is 16.1 Å². The lowest BCUT2D eigenvalue weighted by Gasteiger charge is -2.25. The van der Waals surface area contributed by atoms with E-state index in [9.17, 15) is 9.59 Å². The molecule has 3 aromatic carbocycles. The molecule has 0 saturated carbocycles. The number of rotatable bonds is 10. The number of nitrogens with one attached hydrogen (secondary N) is 4. The number of hydrogen-bond acceptors (Lipinski definition) is 6. The van der Waals surface area contributed by atoms with Crippen molar-refractivity contribution in [3.63, 3.8) is 0 Å². The van der Waals surface area contributed by atoms with Crippen LogP contribution in [0, 0.1) is 5.92 Å². The minimum atomic E-state index is 0.0191. The monoisotopic (exact) mass is 629 g/mol. The Morgan fingerprint density at radius 3 is 2.25 bits per heavy atom. The number of pyridine rings is 1. The summed E-state index contributed by atoms with van der Waals surface area (Å²) in [6, 6.07) is 23.4. The van der Waals surface area contributed by atoms with Crippen LogP contribution in [0.25, 0.3) is 33.5 Å². The molecular weight excluding hydrogens is 597 g/mol. The number of methoxy groups -OCH3 is 1. The smallest absolute Gasteiger partial charge is 0.230 e. The number of hydrogen-bond donors (Lipinski definition) is 4. The van der Waals surface area contributed by atoms with Crippen LogP contribution in [0.15, 0.2) is 72.8 Å². The molecule has 8 nitrogen and oxygen atoms in total. The number of halogens is 2. The molecular formula is C34H33Cl2N5O3. The maximum Gasteiger partial charge on any atom is 0.230 e. The Morgan fingerprint density at radius 1 is 0.932 bits per heavy atom. The van der Waals surface area contributed by atoms with E-state index in [1.165, 1.54) is 0 Å². The summed E-state index contributed by atoms with van der Waals surface area (Å²) in [4.78, 5) is 28.5. The zero-order valence-electron chi connectivity index (χ0n) is 24.3. The van der Waals surface area contributed by atoms with Gasteiger partial charge in [-0.15, -0.1) is 0 Å². The predicted octanol–water partition coefficient (Wildman–Crippen LogP) is 5.92. The van der Waals surface area contributed by atoms with Crippen molar-refractivity contribution in [2.45, 2.75) is 25.4 Å². The third-order valence-corrected chi connectivity index (χ3v) is 8.92. The van der Waals surface area contributed by atoms with E-state index in [1.807, 2.05) is 72.8 Å². The lowest BCUT2D eigenvalue weighted by Crippen LogP contribution is -2.48. The van der Waals surface area contributed by atoms with Crippen molar-refractivity contribution < 1.29 is 14.3 Å². The van der Waals surface area contributed by atoms with Crippen LogP contribution in [0.4, 0.5) is 5.69 Å². The van der Waals surface area contributed by atoms with Crippen molar-refractivity contribution in [3.8, 4) is 39.4 Å². The average molecular weight is 631 g/mol. The number of nitrogens with zero attached hydrogens (tertiary/aromatic N) is 1. The van der Waals surface area contributed by atoms with Gasteiger partial charge in [0.2, 0.25) is 17.7 Å². The summed E-state index contributed by atoms with van der Waals surface area (Å²) >= 11 is 14.0. The second-order valence-corrected chi connectivity index (χ2v) is 11.8. The summed E-state index contributed by atoms with van der Waals surface area (Å²) < 4.78 is 5.62. The van der Waals surface area contributed by atoms with Crippen molar-refractivity contribution in [2.75, 3.05) is 32.1 Å². The zero-order chi connectivity index (χ0) is 30.6. The van der Waals surface area contributed by atoms with E-state index in [0.717, 1.165) is 45.5 Å². The fourth-order valence-electron chi connectivity index (χ4n) is 5.49. The fourth-order valence-corrected chi connectivity index (χ4v) is 6.16. The Kier molecular flexibility index (Phi) is 9.14. The van der Waals surface area contributed by atoms with Crippen LogP contribution in [-0.4, -0.2) is 49.6 Å². The van der Waals surface area contributed by atoms with Crippen LogP contribution in [0.5, 0.6) is 5.88 Å². The van der Waals surface area contributed by atoms with Crippen LogP contribution in [0.3, 0.4) is 0 Å². The number of aromatic nitrogens is 1. The molecule has 2 fully saturated rings. The maximum absolute atomic E-state index is 12.3. The minimum Gasteiger partial charge on any atom is -0.481 e. The summed E-state index contributed by atoms with van der Waals surface area (Å²) in [6.45, 7) is 2.67. The molecule has 0 aliphatic carbocycles. The highest BCUT2D eigenvalue weighted by Gasteiger charge is 2.25. The van der Waals surface area contributed by atoms with Gasteiger partial charge < -0.3 is 26.0 Å². The van der Waals surface area contributed by atoms with Crippen LogP contribution in [0.2, 0.25) is 10.0 Å². The van der Waals surface area contributed by atoms with Gasteiger partial charge in [0.25, 0.3) is 0 Å². The molecule has 0 spiro atoms. The molecule has 1 atom stereocenters. The summed E-state index contributed by atoms with van der Waals surface area (Å²) in [5, 5.41) is 13.6. The zero-order valence-corrected chi connectivity index (χ0v) is 25.8. The molecule has 2 aliphatic heterocycles. The van der Waals surface area contributed by atoms with Gasteiger partial charge >= 0.3 is 0 Å². The standard InChI is InChI=1S/C34H33Cl2N5O3/c1-44-34-21(16-38-19-24-13-15-30(42)39-24)10-14-29(41-34)28-7-3-6-27(32(28)36)26-5-2-4-25(31(26)35)20-8-11-23(12-9-20)40-33(43)22-17-37-18-22/h2-12,14,22,24,37-38H,13,15-19H2,1H3,(H,39,42)(H,40,43).